The number of carbonyl (C=O) groups is 1. The zero-order valence-electron chi connectivity index (χ0n) is 10.8. The van der Waals surface area contributed by atoms with Crippen LogP contribution >= 0.6 is 0 Å². The number of ether oxygens (including phenoxy) is 1. The Kier molecular flexibility index (Phi) is 4.82. The third kappa shape index (κ3) is 5.82. The van der Waals surface area contributed by atoms with Crippen molar-refractivity contribution in [3.05, 3.63) is 34.4 Å². The average molecular weight is 268 g/mol. The van der Waals surface area contributed by atoms with Crippen molar-refractivity contribution in [1.82, 2.24) is 5.32 Å². The molecule has 1 aromatic carbocycles. The van der Waals surface area contributed by atoms with E-state index >= 15 is 0 Å². The quantitative estimate of drug-likeness (QED) is 0.588. The van der Waals surface area contributed by atoms with Crippen molar-refractivity contribution in [2.45, 2.75) is 19.4 Å². The monoisotopic (exact) mass is 268 g/mol. The second-order valence-electron chi connectivity index (χ2n) is 4.63. The van der Waals surface area contributed by atoms with Gasteiger partial charge in [-0.15, -0.1) is 0 Å². The average Bonchev–Trinajstić information content (AvgIpc) is 2.33. The fraction of sp³-hybridized carbons (Fsp3) is 0.417. The zero-order valence-corrected chi connectivity index (χ0v) is 10.8. The van der Waals surface area contributed by atoms with E-state index in [1.54, 1.807) is 13.8 Å². The van der Waals surface area contributed by atoms with Crippen molar-refractivity contribution in [2.24, 2.45) is 0 Å². The summed E-state index contributed by atoms with van der Waals surface area (Å²) in [7, 11) is 0. The molecular weight excluding hydrogens is 252 g/mol. The number of non-ortho nitro benzene ring substituents is 1. The van der Waals surface area contributed by atoms with Crippen LogP contribution in [0.15, 0.2) is 24.3 Å². The lowest BCUT2D eigenvalue weighted by atomic mass is 10.1. The van der Waals surface area contributed by atoms with Crippen LogP contribution in [0.5, 0.6) is 5.75 Å². The van der Waals surface area contributed by atoms with Gasteiger partial charge in [0.1, 0.15) is 5.75 Å². The van der Waals surface area contributed by atoms with Crippen molar-refractivity contribution in [2.75, 3.05) is 13.2 Å². The molecule has 0 bridgehead atoms. The number of carbonyl (C=O) groups excluding carboxylic acids is 1. The number of hydrogen-bond acceptors (Lipinski definition) is 5. The molecule has 0 spiro atoms. The molecule has 0 fully saturated rings. The van der Waals surface area contributed by atoms with E-state index in [0.29, 0.717) is 5.75 Å². The Morgan fingerprint density at radius 3 is 2.47 bits per heavy atom. The molecule has 0 heterocycles. The summed E-state index contributed by atoms with van der Waals surface area (Å²) >= 11 is 0. The number of benzene rings is 1. The summed E-state index contributed by atoms with van der Waals surface area (Å²) in [6, 6.07) is 5.43. The van der Waals surface area contributed by atoms with Crippen molar-refractivity contribution >= 4 is 11.6 Å². The lowest BCUT2D eigenvalue weighted by Crippen LogP contribution is -2.40. The van der Waals surface area contributed by atoms with E-state index in [1.807, 2.05) is 0 Å². The Hall–Kier alpha value is -2.15. The van der Waals surface area contributed by atoms with Crippen molar-refractivity contribution in [1.29, 1.82) is 0 Å². The smallest absolute Gasteiger partial charge is 0.269 e. The highest BCUT2D eigenvalue weighted by molar-refractivity contribution is 5.77. The first-order chi connectivity index (χ1) is 8.78. The van der Waals surface area contributed by atoms with Crippen molar-refractivity contribution in [3.63, 3.8) is 0 Å². The van der Waals surface area contributed by atoms with E-state index in [9.17, 15) is 20.0 Å². The summed E-state index contributed by atoms with van der Waals surface area (Å²) in [4.78, 5) is 21.3. The van der Waals surface area contributed by atoms with Gasteiger partial charge in [-0.3, -0.25) is 14.9 Å². The van der Waals surface area contributed by atoms with E-state index in [0.717, 1.165) is 0 Å². The third-order valence-electron chi connectivity index (χ3n) is 2.14. The standard InChI is InChI=1S/C12H16N2O5/c1-12(2,16)8-13-11(15)7-19-10-5-3-9(4-6-10)14(17)18/h3-6,16H,7-8H2,1-2H3,(H,13,15). The van der Waals surface area contributed by atoms with Crippen LogP contribution in [0.25, 0.3) is 0 Å². The van der Waals surface area contributed by atoms with Crippen molar-refractivity contribution in [3.8, 4) is 5.75 Å². The Morgan fingerprint density at radius 1 is 1.42 bits per heavy atom. The second-order valence-corrected chi connectivity index (χ2v) is 4.63. The maximum absolute atomic E-state index is 11.4. The van der Waals surface area contributed by atoms with Crippen LogP contribution in [0.3, 0.4) is 0 Å². The number of nitrogens with one attached hydrogen (secondary N) is 1. The largest absolute Gasteiger partial charge is 0.484 e. The summed E-state index contributed by atoms with van der Waals surface area (Å²) in [5, 5.41) is 22.3. The topological polar surface area (TPSA) is 102 Å². The molecule has 0 aliphatic carbocycles. The maximum Gasteiger partial charge on any atom is 0.269 e. The normalized spacial score (nSPS) is 10.9. The van der Waals surface area contributed by atoms with E-state index in [2.05, 4.69) is 5.32 Å². The van der Waals surface area contributed by atoms with E-state index in [1.165, 1.54) is 24.3 Å². The number of hydrogen-bond donors (Lipinski definition) is 2. The lowest BCUT2D eigenvalue weighted by Gasteiger charge is -2.17. The number of nitro groups is 1. The van der Waals surface area contributed by atoms with Gasteiger partial charge in [0.2, 0.25) is 0 Å². The molecule has 19 heavy (non-hydrogen) atoms. The number of rotatable bonds is 6. The molecule has 1 amide bonds. The minimum Gasteiger partial charge on any atom is -0.484 e. The molecule has 7 heteroatoms. The number of nitro benzene ring substituents is 1. The van der Waals surface area contributed by atoms with Gasteiger partial charge in [0, 0.05) is 18.7 Å². The number of aliphatic hydroxyl groups is 1. The van der Waals surface area contributed by atoms with Gasteiger partial charge in [-0.25, -0.2) is 0 Å². The molecule has 0 unspecified atom stereocenters. The summed E-state index contributed by atoms with van der Waals surface area (Å²) in [5.41, 5.74) is -1.03. The SMILES string of the molecule is CC(C)(O)CNC(=O)COc1ccc([N+](=O)[O-])cc1. The highest BCUT2D eigenvalue weighted by Gasteiger charge is 2.14. The Labute approximate surface area is 110 Å². The van der Waals surface area contributed by atoms with Gasteiger partial charge in [0.25, 0.3) is 11.6 Å². The highest BCUT2D eigenvalue weighted by Crippen LogP contribution is 2.16. The number of nitrogens with zero attached hydrogens (tertiary/aromatic N) is 1. The fourth-order valence-corrected chi connectivity index (χ4v) is 1.18. The van der Waals surface area contributed by atoms with Crippen LogP contribution in [0, 0.1) is 10.1 Å². The molecule has 0 aliphatic rings. The first-order valence-corrected chi connectivity index (χ1v) is 5.64. The van der Waals surface area contributed by atoms with Gasteiger partial charge in [0.05, 0.1) is 10.5 Å². The van der Waals surface area contributed by atoms with Gasteiger partial charge in [-0.1, -0.05) is 0 Å². The molecule has 1 aromatic rings. The molecule has 0 radical (unpaired) electrons. The lowest BCUT2D eigenvalue weighted by molar-refractivity contribution is -0.384. The molecule has 0 aromatic heterocycles. The van der Waals surface area contributed by atoms with Crippen LogP contribution in [0.4, 0.5) is 5.69 Å². The molecule has 0 saturated carbocycles. The second kappa shape index (κ2) is 6.14. The fourth-order valence-electron chi connectivity index (χ4n) is 1.18. The molecule has 0 aliphatic heterocycles. The van der Waals surface area contributed by atoms with Gasteiger partial charge >= 0.3 is 0 Å². The summed E-state index contributed by atoms with van der Waals surface area (Å²) in [5.74, 6) is -0.00973. The first kappa shape index (κ1) is 14.9. The molecule has 7 nitrogen and oxygen atoms in total. The third-order valence-corrected chi connectivity index (χ3v) is 2.14. The predicted octanol–water partition coefficient (Wildman–Crippen LogP) is 0.861. The van der Waals surface area contributed by atoms with Crippen molar-refractivity contribution < 1.29 is 19.6 Å². The predicted molar refractivity (Wildman–Crippen MR) is 67.9 cm³/mol. The molecule has 104 valence electrons. The molecule has 1 rings (SSSR count). The van der Waals surface area contributed by atoms with Gasteiger partial charge in [-0.05, 0) is 26.0 Å². The summed E-state index contributed by atoms with van der Waals surface area (Å²) in [6.45, 7) is 3.05. The number of amides is 1. The van der Waals surface area contributed by atoms with Crippen LogP contribution in [0.2, 0.25) is 0 Å². The molecule has 0 atom stereocenters. The van der Waals surface area contributed by atoms with Crippen LogP contribution in [-0.4, -0.2) is 34.7 Å². The summed E-state index contributed by atoms with van der Waals surface area (Å²) < 4.78 is 5.15. The Balaban J connectivity index is 2.40. The summed E-state index contributed by atoms with van der Waals surface area (Å²) in [6.07, 6.45) is 0. The van der Waals surface area contributed by atoms with Gasteiger partial charge in [0.15, 0.2) is 6.61 Å². The van der Waals surface area contributed by atoms with Crippen LogP contribution < -0.4 is 10.1 Å². The Bertz CT molecular complexity index is 450. The molecular formula is C12H16N2O5. The van der Waals surface area contributed by atoms with Gasteiger partial charge < -0.3 is 15.2 Å². The maximum atomic E-state index is 11.4. The van der Waals surface area contributed by atoms with Crippen LogP contribution in [0.1, 0.15) is 13.8 Å². The molecule has 0 saturated heterocycles. The van der Waals surface area contributed by atoms with E-state index in [-0.39, 0.29) is 24.7 Å². The minimum atomic E-state index is -0.983. The zero-order chi connectivity index (χ0) is 14.5. The minimum absolute atomic E-state index is 0.0427. The van der Waals surface area contributed by atoms with E-state index in [4.69, 9.17) is 4.74 Å². The van der Waals surface area contributed by atoms with Gasteiger partial charge in [-0.2, -0.15) is 0 Å². The van der Waals surface area contributed by atoms with E-state index < -0.39 is 10.5 Å². The molecule has 2 N–H and O–H groups in total. The first-order valence-electron chi connectivity index (χ1n) is 5.64. The Morgan fingerprint density at radius 2 is 2.00 bits per heavy atom. The van der Waals surface area contributed by atoms with Crippen LogP contribution in [-0.2, 0) is 4.79 Å². The highest BCUT2D eigenvalue weighted by atomic mass is 16.6.